The maximum atomic E-state index is 12.1. The van der Waals surface area contributed by atoms with Crippen molar-refractivity contribution >= 4 is 5.91 Å². The molecule has 0 saturated heterocycles. The number of hydrogen-bond donors (Lipinski definition) is 2. The minimum Gasteiger partial charge on any atom is -0.391 e. The van der Waals surface area contributed by atoms with Gasteiger partial charge in [-0.2, -0.15) is 0 Å². The Labute approximate surface area is 124 Å². The average molecular weight is 283 g/mol. The quantitative estimate of drug-likeness (QED) is 0.716. The van der Waals surface area contributed by atoms with Gasteiger partial charge < -0.3 is 10.4 Å². The molecule has 0 aromatic rings. The zero-order valence-corrected chi connectivity index (χ0v) is 13.5. The fourth-order valence-corrected chi connectivity index (χ4v) is 3.20. The molecule has 20 heavy (non-hydrogen) atoms. The highest BCUT2D eigenvalue weighted by molar-refractivity contribution is 5.78. The van der Waals surface area contributed by atoms with Gasteiger partial charge in [-0.3, -0.25) is 4.79 Å². The van der Waals surface area contributed by atoms with E-state index in [2.05, 4.69) is 26.1 Å². The molecule has 1 fully saturated rings. The van der Waals surface area contributed by atoms with Crippen LogP contribution in [0.25, 0.3) is 0 Å². The van der Waals surface area contributed by atoms with Crippen molar-refractivity contribution in [2.45, 2.75) is 78.2 Å². The lowest BCUT2D eigenvalue weighted by Crippen LogP contribution is -2.38. The van der Waals surface area contributed by atoms with Crippen molar-refractivity contribution in [1.82, 2.24) is 5.32 Å². The largest absolute Gasteiger partial charge is 0.391 e. The van der Waals surface area contributed by atoms with Gasteiger partial charge in [-0.1, -0.05) is 40.0 Å². The van der Waals surface area contributed by atoms with Gasteiger partial charge >= 0.3 is 0 Å². The van der Waals surface area contributed by atoms with E-state index < -0.39 is 6.10 Å². The molecular weight excluding hydrogens is 250 g/mol. The summed E-state index contributed by atoms with van der Waals surface area (Å²) in [4.78, 5) is 12.1. The van der Waals surface area contributed by atoms with E-state index in [9.17, 15) is 9.90 Å². The molecular formula is C17H33NO2. The molecule has 0 aromatic heterocycles. The zero-order chi connectivity index (χ0) is 15.0. The van der Waals surface area contributed by atoms with Crippen LogP contribution in [0, 0.1) is 17.8 Å². The third-order valence-electron chi connectivity index (χ3n) is 4.44. The summed E-state index contributed by atoms with van der Waals surface area (Å²) in [5.74, 6) is 1.64. The predicted octanol–water partition coefficient (Wildman–Crippen LogP) is 3.51. The van der Waals surface area contributed by atoms with Gasteiger partial charge in [0.25, 0.3) is 0 Å². The molecule has 0 heterocycles. The summed E-state index contributed by atoms with van der Waals surface area (Å²) >= 11 is 0. The Morgan fingerprint density at radius 2 is 1.90 bits per heavy atom. The number of unbranched alkanes of at least 4 members (excludes halogenated alkanes) is 1. The minimum atomic E-state index is -0.403. The van der Waals surface area contributed by atoms with E-state index in [4.69, 9.17) is 0 Å². The second-order valence-corrected chi connectivity index (χ2v) is 6.89. The molecule has 0 aliphatic heterocycles. The summed E-state index contributed by atoms with van der Waals surface area (Å²) < 4.78 is 0. The first-order chi connectivity index (χ1) is 9.52. The van der Waals surface area contributed by atoms with Crippen molar-refractivity contribution in [3.05, 3.63) is 0 Å². The predicted molar refractivity (Wildman–Crippen MR) is 83.4 cm³/mol. The number of carbonyl (C=O) groups excluding carboxylic acids is 1. The maximum absolute atomic E-state index is 12.1. The van der Waals surface area contributed by atoms with Crippen molar-refractivity contribution in [2.75, 3.05) is 6.54 Å². The summed E-state index contributed by atoms with van der Waals surface area (Å²) in [6.45, 7) is 6.82. The number of rotatable bonds is 8. The SMILES string of the molecule is CCCCC1CCC(C(=O)NCC(O)CC(C)C)CC1. The standard InChI is InChI=1S/C17H33NO2/c1-4-5-6-14-7-9-15(10-8-14)17(20)18-12-16(19)11-13(2)3/h13-16,19H,4-12H2,1-3H3,(H,18,20). The van der Waals surface area contributed by atoms with Crippen LogP contribution in [-0.2, 0) is 4.79 Å². The zero-order valence-electron chi connectivity index (χ0n) is 13.5. The number of nitrogens with one attached hydrogen (secondary N) is 1. The molecule has 1 rings (SSSR count). The van der Waals surface area contributed by atoms with Crippen LogP contribution in [0.15, 0.2) is 0 Å². The molecule has 118 valence electrons. The van der Waals surface area contributed by atoms with Crippen molar-refractivity contribution < 1.29 is 9.90 Å². The second-order valence-electron chi connectivity index (χ2n) is 6.89. The summed E-state index contributed by atoms with van der Waals surface area (Å²) in [5, 5.41) is 12.7. The molecule has 1 amide bonds. The first kappa shape index (κ1) is 17.5. The lowest BCUT2D eigenvalue weighted by molar-refractivity contribution is -0.126. The Kier molecular flexibility index (Phi) is 8.20. The van der Waals surface area contributed by atoms with E-state index >= 15 is 0 Å². The van der Waals surface area contributed by atoms with Crippen LogP contribution >= 0.6 is 0 Å². The fraction of sp³-hybridized carbons (Fsp3) is 0.941. The molecule has 1 saturated carbocycles. The highest BCUT2D eigenvalue weighted by atomic mass is 16.3. The Morgan fingerprint density at radius 3 is 2.45 bits per heavy atom. The van der Waals surface area contributed by atoms with Crippen LogP contribution in [0.2, 0.25) is 0 Å². The highest BCUT2D eigenvalue weighted by Crippen LogP contribution is 2.31. The summed E-state index contributed by atoms with van der Waals surface area (Å²) in [7, 11) is 0. The molecule has 3 heteroatoms. The van der Waals surface area contributed by atoms with E-state index in [0.29, 0.717) is 12.5 Å². The summed E-state index contributed by atoms with van der Waals surface area (Å²) in [6.07, 6.45) is 8.74. The highest BCUT2D eigenvalue weighted by Gasteiger charge is 2.26. The Hall–Kier alpha value is -0.570. The molecule has 0 aromatic carbocycles. The van der Waals surface area contributed by atoms with Gasteiger partial charge in [0.1, 0.15) is 0 Å². The second kappa shape index (κ2) is 9.38. The van der Waals surface area contributed by atoms with E-state index in [-0.39, 0.29) is 11.8 Å². The topological polar surface area (TPSA) is 49.3 Å². The molecule has 1 aliphatic rings. The Bertz CT molecular complexity index is 270. The third-order valence-corrected chi connectivity index (χ3v) is 4.44. The van der Waals surface area contributed by atoms with Crippen LogP contribution < -0.4 is 5.32 Å². The first-order valence-electron chi connectivity index (χ1n) is 8.48. The van der Waals surface area contributed by atoms with Gasteiger partial charge in [0.05, 0.1) is 6.10 Å². The maximum Gasteiger partial charge on any atom is 0.223 e. The van der Waals surface area contributed by atoms with Crippen molar-refractivity contribution in [3.8, 4) is 0 Å². The molecule has 1 aliphatic carbocycles. The van der Waals surface area contributed by atoms with E-state index in [1.165, 1.54) is 32.1 Å². The van der Waals surface area contributed by atoms with Gasteiger partial charge in [-0.05, 0) is 43.9 Å². The molecule has 0 radical (unpaired) electrons. The van der Waals surface area contributed by atoms with Crippen LogP contribution in [0.4, 0.5) is 0 Å². The summed E-state index contributed by atoms with van der Waals surface area (Å²) in [6, 6.07) is 0. The molecule has 1 atom stereocenters. The van der Waals surface area contributed by atoms with Crippen molar-refractivity contribution in [1.29, 1.82) is 0 Å². The van der Waals surface area contributed by atoms with Crippen LogP contribution in [0.1, 0.15) is 72.1 Å². The lowest BCUT2D eigenvalue weighted by atomic mass is 9.79. The lowest BCUT2D eigenvalue weighted by Gasteiger charge is -2.28. The molecule has 2 N–H and O–H groups in total. The summed E-state index contributed by atoms with van der Waals surface area (Å²) in [5.41, 5.74) is 0. The Morgan fingerprint density at radius 1 is 1.25 bits per heavy atom. The minimum absolute atomic E-state index is 0.154. The third kappa shape index (κ3) is 6.74. The van der Waals surface area contributed by atoms with Crippen molar-refractivity contribution in [3.63, 3.8) is 0 Å². The molecule has 0 bridgehead atoms. The number of carbonyl (C=O) groups is 1. The van der Waals surface area contributed by atoms with Crippen LogP contribution in [0.3, 0.4) is 0 Å². The van der Waals surface area contributed by atoms with E-state index in [1.807, 2.05) is 0 Å². The fourth-order valence-electron chi connectivity index (χ4n) is 3.20. The van der Waals surface area contributed by atoms with E-state index in [0.717, 1.165) is 25.2 Å². The van der Waals surface area contributed by atoms with E-state index in [1.54, 1.807) is 0 Å². The van der Waals surface area contributed by atoms with Gasteiger partial charge in [0.2, 0.25) is 5.91 Å². The molecule has 3 nitrogen and oxygen atoms in total. The number of aliphatic hydroxyl groups excluding tert-OH is 1. The molecule has 1 unspecified atom stereocenters. The number of amides is 1. The van der Waals surface area contributed by atoms with Gasteiger partial charge in [0.15, 0.2) is 0 Å². The monoisotopic (exact) mass is 283 g/mol. The van der Waals surface area contributed by atoms with Crippen molar-refractivity contribution in [2.24, 2.45) is 17.8 Å². The average Bonchev–Trinajstić information content (AvgIpc) is 2.42. The Balaban J connectivity index is 2.19. The van der Waals surface area contributed by atoms with Gasteiger partial charge in [0, 0.05) is 12.5 Å². The van der Waals surface area contributed by atoms with Crippen LogP contribution in [0.5, 0.6) is 0 Å². The number of aliphatic hydroxyl groups is 1. The van der Waals surface area contributed by atoms with Crippen LogP contribution in [-0.4, -0.2) is 23.7 Å². The number of hydrogen-bond acceptors (Lipinski definition) is 2. The molecule has 0 spiro atoms. The smallest absolute Gasteiger partial charge is 0.223 e. The van der Waals surface area contributed by atoms with Gasteiger partial charge in [-0.25, -0.2) is 0 Å². The van der Waals surface area contributed by atoms with Gasteiger partial charge in [-0.15, -0.1) is 0 Å². The first-order valence-corrected chi connectivity index (χ1v) is 8.48. The normalized spacial score (nSPS) is 24.6.